The molecule has 0 aliphatic carbocycles. The summed E-state index contributed by atoms with van der Waals surface area (Å²) in [5, 5.41) is 89.9. The Bertz CT molecular complexity index is 544. The van der Waals surface area contributed by atoms with Crippen molar-refractivity contribution in [2.75, 3.05) is 13.2 Å². The fraction of sp³-hybridized carbons (Fsp3) is 0.955. The molecule has 0 saturated heterocycles. The second-order valence-electron chi connectivity index (χ2n) is 9.96. The number of amides is 1. The average molecular weight is 484 g/mol. The zero-order valence-corrected chi connectivity index (χ0v) is 20.1. The van der Waals surface area contributed by atoms with Crippen LogP contribution in [-0.2, 0) is 4.79 Å². The van der Waals surface area contributed by atoms with Gasteiger partial charge in [-0.15, -0.1) is 0 Å². The third-order valence-corrected chi connectivity index (χ3v) is 5.65. The van der Waals surface area contributed by atoms with Crippen molar-refractivity contribution in [1.82, 2.24) is 5.32 Å². The Labute approximate surface area is 195 Å². The summed E-state index contributed by atoms with van der Waals surface area (Å²) in [5.74, 6) is -0.928. The molecule has 0 aromatic rings. The predicted molar refractivity (Wildman–Crippen MR) is 120 cm³/mol. The maximum Gasteiger partial charge on any atom is 0.223 e. The van der Waals surface area contributed by atoms with Gasteiger partial charge in [0.1, 0.15) is 30.5 Å². The largest absolute Gasteiger partial charge is 0.394 e. The van der Waals surface area contributed by atoms with E-state index in [-0.39, 0.29) is 18.3 Å². The number of aliphatic hydroxyl groups excluding tert-OH is 9. The first-order valence-corrected chi connectivity index (χ1v) is 11.5. The van der Waals surface area contributed by atoms with Gasteiger partial charge in [0.2, 0.25) is 5.91 Å². The SMILES string of the molecule is CC[C@@H](O)[C@@H](O)[C@H](O)[C@@H](O)CCCC(CC(C)(C)C)C(=O)NC[C@H](O)[C@@H](O)[C@H](O)[C@H](O)CO. The van der Waals surface area contributed by atoms with Crippen LogP contribution in [0, 0.1) is 11.3 Å². The van der Waals surface area contributed by atoms with Gasteiger partial charge in [0, 0.05) is 12.5 Å². The predicted octanol–water partition coefficient (Wildman–Crippen LogP) is -2.39. The van der Waals surface area contributed by atoms with Gasteiger partial charge in [-0.3, -0.25) is 4.79 Å². The van der Waals surface area contributed by atoms with Gasteiger partial charge >= 0.3 is 0 Å². The molecule has 11 nitrogen and oxygen atoms in total. The van der Waals surface area contributed by atoms with Crippen LogP contribution in [-0.4, -0.2) is 114 Å². The van der Waals surface area contributed by atoms with E-state index in [2.05, 4.69) is 5.32 Å². The van der Waals surface area contributed by atoms with Gasteiger partial charge in [0.05, 0.1) is 24.9 Å². The highest BCUT2D eigenvalue weighted by molar-refractivity contribution is 5.78. The van der Waals surface area contributed by atoms with E-state index in [1.165, 1.54) is 0 Å². The zero-order chi connectivity index (χ0) is 25.9. The smallest absolute Gasteiger partial charge is 0.223 e. The van der Waals surface area contributed by atoms with E-state index in [1.807, 2.05) is 20.8 Å². The van der Waals surface area contributed by atoms with Gasteiger partial charge in [-0.25, -0.2) is 0 Å². The Morgan fingerprint density at radius 2 is 1.24 bits per heavy atom. The maximum absolute atomic E-state index is 12.7. The molecule has 0 saturated carbocycles. The molecule has 0 aliphatic rings. The zero-order valence-electron chi connectivity index (χ0n) is 20.1. The molecule has 33 heavy (non-hydrogen) atoms. The summed E-state index contributed by atoms with van der Waals surface area (Å²) in [7, 11) is 0. The average Bonchev–Trinajstić information content (AvgIpc) is 2.77. The molecule has 0 bridgehead atoms. The van der Waals surface area contributed by atoms with E-state index in [1.54, 1.807) is 6.92 Å². The highest BCUT2D eigenvalue weighted by Gasteiger charge is 2.32. The minimum Gasteiger partial charge on any atom is -0.394 e. The van der Waals surface area contributed by atoms with E-state index < -0.39 is 73.8 Å². The lowest BCUT2D eigenvalue weighted by Gasteiger charge is -2.29. The quantitative estimate of drug-likeness (QED) is 0.113. The monoisotopic (exact) mass is 483 g/mol. The van der Waals surface area contributed by atoms with Crippen LogP contribution in [0.15, 0.2) is 0 Å². The van der Waals surface area contributed by atoms with Gasteiger partial charge in [-0.2, -0.15) is 0 Å². The Hall–Kier alpha value is -0.890. The minimum absolute atomic E-state index is 0.0924. The molecule has 0 rings (SSSR count). The summed E-state index contributed by atoms with van der Waals surface area (Å²) >= 11 is 0. The molecule has 1 amide bonds. The van der Waals surface area contributed by atoms with Crippen LogP contribution < -0.4 is 5.32 Å². The van der Waals surface area contributed by atoms with Crippen LogP contribution >= 0.6 is 0 Å². The number of nitrogens with one attached hydrogen (secondary N) is 1. The summed E-state index contributed by atoms with van der Waals surface area (Å²) in [6.07, 6.45) is -10.8. The Morgan fingerprint density at radius 1 is 0.758 bits per heavy atom. The molecule has 0 radical (unpaired) electrons. The highest BCUT2D eigenvalue weighted by Crippen LogP contribution is 2.28. The fourth-order valence-corrected chi connectivity index (χ4v) is 3.54. The second-order valence-corrected chi connectivity index (χ2v) is 9.96. The Balaban J connectivity index is 4.88. The third-order valence-electron chi connectivity index (χ3n) is 5.65. The van der Waals surface area contributed by atoms with Gasteiger partial charge in [-0.05, 0) is 37.5 Å². The summed E-state index contributed by atoms with van der Waals surface area (Å²) in [4.78, 5) is 12.7. The van der Waals surface area contributed by atoms with Crippen LogP contribution in [0.25, 0.3) is 0 Å². The van der Waals surface area contributed by atoms with Crippen molar-refractivity contribution in [2.24, 2.45) is 11.3 Å². The van der Waals surface area contributed by atoms with E-state index >= 15 is 0 Å². The standard InChI is InChI=1S/C22H45NO10/c1-5-13(25)17(29)18(30)14(26)8-6-7-12(9-22(2,3)4)21(33)23-10-15(27)19(31)20(32)16(28)11-24/h12-20,24-32H,5-11H2,1-4H3,(H,23,33)/t12?,13-,14+,15+,16-,17-,18-,19-,20-/m1/s1. The molecule has 9 atom stereocenters. The van der Waals surface area contributed by atoms with Crippen molar-refractivity contribution in [3.05, 3.63) is 0 Å². The molecule has 0 aliphatic heterocycles. The van der Waals surface area contributed by atoms with Gasteiger partial charge < -0.3 is 51.3 Å². The molecule has 10 N–H and O–H groups in total. The number of aliphatic hydroxyl groups is 9. The molecule has 11 heteroatoms. The van der Waals surface area contributed by atoms with Crippen LogP contribution in [0.1, 0.15) is 59.8 Å². The van der Waals surface area contributed by atoms with Crippen molar-refractivity contribution in [3.63, 3.8) is 0 Å². The minimum atomic E-state index is -1.79. The molecule has 1 unspecified atom stereocenters. The summed E-state index contributed by atoms with van der Waals surface area (Å²) in [6.45, 7) is 6.27. The number of hydrogen-bond acceptors (Lipinski definition) is 10. The normalized spacial score (nSPS) is 20.8. The van der Waals surface area contributed by atoms with Crippen molar-refractivity contribution in [2.45, 2.75) is 109 Å². The van der Waals surface area contributed by atoms with E-state index in [9.17, 15) is 45.6 Å². The van der Waals surface area contributed by atoms with E-state index in [4.69, 9.17) is 5.11 Å². The molecular weight excluding hydrogens is 438 g/mol. The van der Waals surface area contributed by atoms with Gasteiger partial charge in [0.15, 0.2) is 0 Å². The number of rotatable bonds is 16. The fourth-order valence-electron chi connectivity index (χ4n) is 3.54. The van der Waals surface area contributed by atoms with Gasteiger partial charge in [0.25, 0.3) is 0 Å². The first kappa shape index (κ1) is 32.1. The molecule has 0 aromatic carbocycles. The number of hydrogen-bond donors (Lipinski definition) is 10. The lowest BCUT2D eigenvalue weighted by Crippen LogP contribution is -2.50. The molecule has 0 spiro atoms. The first-order chi connectivity index (χ1) is 15.2. The molecule has 198 valence electrons. The highest BCUT2D eigenvalue weighted by atomic mass is 16.4. The molecule has 0 heterocycles. The third kappa shape index (κ3) is 11.9. The van der Waals surface area contributed by atoms with Gasteiger partial charge in [-0.1, -0.05) is 27.7 Å². The Morgan fingerprint density at radius 3 is 1.73 bits per heavy atom. The Kier molecular flexibility index (Phi) is 14.8. The van der Waals surface area contributed by atoms with Crippen molar-refractivity contribution >= 4 is 5.91 Å². The molecule has 0 fully saturated rings. The first-order valence-electron chi connectivity index (χ1n) is 11.5. The maximum atomic E-state index is 12.7. The van der Waals surface area contributed by atoms with Crippen molar-refractivity contribution in [1.29, 1.82) is 0 Å². The van der Waals surface area contributed by atoms with E-state index in [0.29, 0.717) is 19.3 Å². The lowest BCUT2D eigenvalue weighted by atomic mass is 9.81. The molecule has 0 aromatic heterocycles. The van der Waals surface area contributed by atoms with Crippen molar-refractivity contribution in [3.8, 4) is 0 Å². The van der Waals surface area contributed by atoms with Crippen LogP contribution in [0.3, 0.4) is 0 Å². The summed E-state index contributed by atoms with van der Waals surface area (Å²) in [6, 6.07) is 0. The lowest BCUT2D eigenvalue weighted by molar-refractivity contribution is -0.130. The topological polar surface area (TPSA) is 211 Å². The molecular formula is C22H45NO10. The number of carbonyl (C=O) groups is 1. The van der Waals surface area contributed by atoms with Crippen LogP contribution in [0.5, 0.6) is 0 Å². The summed E-state index contributed by atoms with van der Waals surface area (Å²) in [5.41, 5.74) is -0.221. The van der Waals surface area contributed by atoms with E-state index in [0.717, 1.165) is 0 Å². The van der Waals surface area contributed by atoms with Crippen molar-refractivity contribution < 1.29 is 50.8 Å². The van der Waals surface area contributed by atoms with Crippen LogP contribution in [0.2, 0.25) is 0 Å². The number of carbonyl (C=O) groups excluding carboxylic acids is 1. The summed E-state index contributed by atoms with van der Waals surface area (Å²) < 4.78 is 0. The second kappa shape index (κ2) is 15.2. The van der Waals surface area contributed by atoms with Crippen LogP contribution in [0.4, 0.5) is 0 Å².